The first kappa shape index (κ1) is 22.3. The number of ether oxygens (including phenoxy) is 1. The molecule has 5 unspecified atom stereocenters. The van der Waals surface area contributed by atoms with Crippen LogP contribution >= 0.6 is 15.6 Å². The molecule has 2 radical (unpaired) electrons. The van der Waals surface area contributed by atoms with Crippen molar-refractivity contribution in [2.75, 3.05) is 20.3 Å². The molecule has 1 rings (SSSR count). The summed E-state index contributed by atoms with van der Waals surface area (Å²) in [5.41, 5.74) is -0.324. The highest BCUT2D eigenvalue weighted by molar-refractivity contribution is 7.47. The van der Waals surface area contributed by atoms with E-state index in [0.717, 1.165) is 7.11 Å². The van der Waals surface area contributed by atoms with E-state index in [-0.39, 0.29) is 31.5 Å². The maximum Gasteiger partial charge on any atom is 0.472 e. The Bertz CT molecular complexity index is 495. The summed E-state index contributed by atoms with van der Waals surface area (Å²) in [4.78, 5) is 18.8. The third-order valence-corrected chi connectivity index (χ3v) is 5.29. The van der Waals surface area contributed by atoms with E-state index in [1.165, 1.54) is 0 Å². The van der Waals surface area contributed by atoms with Gasteiger partial charge in [0.05, 0.1) is 25.4 Å². The molecule has 1 aliphatic heterocycles. The maximum absolute atomic E-state index is 12.0. The first-order valence-electron chi connectivity index (χ1n) is 7.46. The molecule has 0 bridgehead atoms. The molecule has 5 atom stereocenters. The summed E-state index contributed by atoms with van der Waals surface area (Å²) in [5.74, 6) is 0. The molecule has 0 saturated carbocycles. The standard InChI is InChI=1S/C12H25BO9P2/c1-12(2,3)11-9(8-10(13)21-11)22-24(16,17)20-7-5-6-19-23(14,15)18-4/h9-11H,5-8H2,1-4H3,(H,14,15)(H,16,17). The molecule has 2 N–H and O–H groups in total. The van der Waals surface area contributed by atoms with Crippen LogP contribution in [0.5, 0.6) is 0 Å². The lowest BCUT2D eigenvalue weighted by Gasteiger charge is -2.31. The maximum atomic E-state index is 12.0. The summed E-state index contributed by atoms with van der Waals surface area (Å²) >= 11 is 0. The van der Waals surface area contributed by atoms with E-state index in [1.807, 2.05) is 20.8 Å². The van der Waals surface area contributed by atoms with Crippen molar-refractivity contribution < 1.29 is 41.7 Å². The van der Waals surface area contributed by atoms with Crippen molar-refractivity contribution in [1.82, 2.24) is 0 Å². The highest BCUT2D eigenvalue weighted by Gasteiger charge is 2.44. The number of phosphoric ester groups is 2. The molecule has 0 aromatic rings. The summed E-state index contributed by atoms with van der Waals surface area (Å²) in [6.45, 7) is 5.36. The van der Waals surface area contributed by atoms with Crippen LogP contribution in [-0.2, 0) is 32.0 Å². The predicted octanol–water partition coefficient (Wildman–Crippen LogP) is 1.97. The Kier molecular flexibility index (Phi) is 8.13. The molecule has 140 valence electrons. The van der Waals surface area contributed by atoms with E-state index >= 15 is 0 Å². The van der Waals surface area contributed by atoms with E-state index in [1.54, 1.807) is 0 Å². The van der Waals surface area contributed by atoms with Crippen molar-refractivity contribution in [2.45, 2.75) is 51.8 Å². The van der Waals surface area contributed by atoms with Crippen LogP contribution in [-0.4, -0.2) is 56.2 Å². The summed E-state index contributed by atoms with van der Waals surface area (Å²) < 4.78 is 47.4. The van der Waals surface area contributed by atoms with Crippen LogP contribution in [0.1, 0.15) is 33.6 Å². The number of rotatable bonds is 9. The van der Waals surface area contributed by atoms with E-state index in [0.29, 0.717) is 0 Å². The average Bonchev–Trinajstić information content (AvgIpc) is 2.78. The van der Waals surface area contributed by atoms with Crippen molar-refractivity contribution in [2.24, 2.45) is 5.41 Å². The fourth-order valence-electron chi connectivity index (χ4n) is 2.22. The minimum Gasteiger partial charge on any atom is -0.381 e. The Balaban J connectivity index is 2.43. The zero-order valence-corrected chi connectivity index (χ0v) is 16.1. The molecule has 0 aromatic carbocycles. The van der Waals surface area contributed by atoms with Gasteiger partial charge in [0.1, 0.15) is 7.85 Å². The zero-order chi connectivity index (χ0) is 18.6. The Hall–Kier alpha value is 0.245. The van der Waals surface area contributed by atoms with Gasteiger partial charge in [0.15, 0.2) is 0 Å². The Morgan fingerprint density at radius 1 is 1.17 bits per heavy atom. The van der Waals surface area contributed by atoms with Gasteiger partial charge in [0.2, 0.25) is 0 Å². The molecule has 12 heteroatoms. The van der Waals surface area contributed by atoms with E-state index in [4.69, 9.17) is 26.5 Å². The third-order valence-electron chi connectivity index (χ3n) is 3.27. The van der Waals surface area contributed by atoms with Gasteiger partial charge in [-0.3, -0.25) is 18.1 Å². The van der Waals surface area contributed by atoms with E-state index < -0.39 is 33.9 Å². The van der Waals surface area contributed by atoms with Crippen LogP contribution in [0.4, 0.5) is 0 Å². The van der Waals surface area contributed by atoms with Gasteiger partial charge < -0.3 is 14.5 Å². The van der Waals surface area contributed by atoms with Gasteiger partial charge in [-0.25, -0.2) is 9.13 Å². The summed E-state index contributed by atoms with van der Waals surface area (Å²) in [6, 6.07) is -0.569. The van der Waals surface area contributed by atoms with Crippen molar-refractivity contribution in [3.05, 3.63) is 0 Å². The fourth-order valence-corrected chi connectivity index (χ4v) is 3.64. The minimum atomic E-state index is -4.32. The SMILES string of the molecule is [B]C1CC(OP(=O)(O)OCCCOP(=O)(O)OC)C(C(C)(C)C)O1. The highest BCUT2D eigenvalue weighted by Crippen LogP contribution is 2.49. The quantitative estimate of drug-likeness (QED) is 0.348. The van der Waals surface area contributed by atoms with Gasteiger partial charge in [0.25, 0.3) is 0 Å². The molecule has 0 aromatic heterocycles. The van der Waals surface area contributed by atoms with Gasteiger partial charge in [-0.1, -0.05) is 20.8 Å². The molecule has 0 aliphatic carbocycles. The molecular weight excluding hydrogens is 361 g/mol. The van der Waals surface area contributed by atoms with Crippen LogP contribution < -0.4 is 0 Å². The van der Waals surface area contributed by atoms with E-state index in [9.17, 15) is 14.0 Å². The number of hydrogen-bond acceptors (Lipinski definition) is 7. The second kappa shape index (κ2) is 8.76. The largest absolute Gasteiger partial charge is 0.472 e. The monoisotopic (exact) mass is 386 g/mol. The molecule has 24 heavy (non-hydrogen) atoms. The van der Waals surface area contributed by atoms with Gasteiger partial charge in [-0.05, 0) is 18.3 Å². The molecule has 9 nitrogen and oxygen atoms in total. The molecular formula is C12H25BO9P2. The minimum absolute atomic E-state index is 0.102. The van der Waals surface area contributed by atoms with Crippen molar-refractivity contribution >= 4 is 23.5 Å². The first-order chi connectivity index (χ1) is 10.9. The Labute approximate surface area is 143 Å². The average molecular weight is 386 g/mol. The number of hydrogen-bond donors (Lipinski definition) is 2. The lowest BCUT2D eigenvalue weighted by Crippen LogP contribution is -2.36. The Morgan fingerprint density at radius 3 is 2.21 bits per heavy atom. The summed E-state index contributed by atoms with van der Waals surface area (Å²) in [5, 5.41) is 0. The number of phosphoric acid groups is 2. The third kappa shape index (κ3) is 7.64. The van der Waals surface area contributed by atoms with Gasteiger partial charge >= 0.3 is 15.6 Å². The smallest absolute Gasteiger partial charge is 0.381 e. The van der Waals surface area contributed by atoms with Gasteiger partial charge in [0, 0.05) is 13.1 Å². The van der Waals surface area contributed by atoms with Crippen LogP contribution in [0.3, 0.4) is 0 Å². The normalized spacial score (nSPS) is 30.0. The van der Waals surface area contributed by atoms with Crippen molar-refractivity contribution in [1.29, 1.82) is 0 Å². The second-order valence-corrected chi connectivity index (χ2v) is 9.45. The molecule has 1 fully saturated rings. The molecule has 1 saturated heterocycles. The van der Waals surface area contributed by atoms with Crippen molar-refractivity contribution in [3.63, 3.8) is 0 Å². The van der Waals surface area contributed by atoms with Crippen LogP contribution in [0, 0.1) is 5.41 Å². The molecule has 0 amide bonds. The summed E-state index contributed by atoms with van der Waals surface area (Å²) in [6.07, 6.45) is -0.730. The lowest BCUT2D eigenvalue weighted by molar-refractivity contribution is -0.0366. The second-order valence-electron chi connectivity index (χ2n) is 6.48. The topological polar surface area (TPSA) is 121 Å². The van der Waals surface area contributed by atoms with Gasteiger partial charge in [-0.2, -0.15) is 0 Å². The molecule has 1 heterocycles. The molecule has 1 aliphatic rings. The van der Waals surface area contributed by atoms with E-state index in [2.05, 4.69) is 9.05 Å². The fraction of sp³-hybridized carbons (Fsp3) is 1.00. The summed E-state index contributed by atoms with van der Waals surface area (Å²) in [7, 11) is -1.61. The zero-order valence-electron chi connectivity index (χ0n) is 14.3. The predicted molar refractivity (Wildman–Crippen MR) is 86.5 cm³/mol. The molecule has 0 spiro atoms. The lowest BCUT2D eigenvalue weighted by atomic mass is 9.85. The van der Waals surface area contributed by atoms with Crippen molar-refractivity contribution in [3.8, 4) is 0 Å². The highest BCUT2D eigenvalue weighted by atomic mass is 31.2. The van der Waals surface area contributed by atoms with Gasteiger partial charge in [-0.15, -0.1) is 0 Å². The Morgan fingerprint density at radius 2 is 1.71 bits per heavy atom. The van der Waals surface area contributed by atoms with Crippen LogP contribution in [0.2, 0.25) is 0 Å². The van der Waals surface area contributed by atoms with Crippen LogP contribution in [0.25, 0.3) is 0 Å². The first-order valence-corrected chi connectivity index (χ1v) is 10.5. The van der Waals surface area contributed by atoms with Crippen LogP contribution in [0.15, 0.2) is 0 Å².